The Morgan fingerprint density at radius 2 is 1.95 bits per heavy atom. The maximum Gasteiger partial charge on any atom is 0.137 e. The highest BCUT2D eigenvalue weighted by Gasteiger charge is 2.17. The molecule has 1 aromatic heterocycles. The number of nitrogens with zero attached hydrogens (tertiary/aromatic N) is 3. The van der Waals surface area contributed by atoms with Gasteiger partial charge in [0.15, 0.2) is 0 Å². The summed E-state index contributed by atoms with van der Waals surface area (Å²) in [5.41, 5.74) is 3.16. The first-order valence-corrected chi connectivity index (χ1v) is 12.9. The molecule has 0 saturated carbocycles. The van der Waals surface area contributed by atoms with E-state index >= 15 is 0 Å². The lowest BCUT2D eigenvalue weighted by Crippen LogP contribution is -2.34. The molecule has 2 aromatic carbocycles. The lowest BCUT2D eigenvalue weighted by molar-refractivity contribution is 0.162. The summed E-state index contributed by atoms with van der Waals surface area (Å²) in [5, 5.41) is 22.0. The van der Waals surface area contributed by atoms with E-state index in [0.29, 0.717) is 36.5 Å². The van der Waals surface area contributed by atoms with Crippen molar-refractivity contribution in [3.8, 4) is 28.8 Å². The number of nitrogens with one attached hydrogen (secondary N) is 2. The summed E-state index contributed by atoms with van der Waals surface area (Å²) in [5.74, 6) is 2.08. The molecule has 0 amide bonds. The summed E-state index contributed by atoms with van der Waals surface area (Å²) >= 11 is 1.48. The minimum Gasteiger partial charge on any atom is -0.496 e. The Hall–Kier alpha value is -3.24. The monoisotopic (exact) mass is 541 g/mol. The molecule has 1 saturated heterocycles. The van der Waals surface area contributed by atoms with Crippen molar-refractivity contribution in [1.82, 2.24) is 20.0 Å². The molecule has 0 atom stereocenters. The Morgan fingerprint density at radius 3 is 2.68 bits per heavy atom. The summed E-state index contributed by atoms with van der Waals surface area (Å²) in [6, 6.07) is 15.8. The van der Waals surface area contributed by atoms with E-state index in [-0.39, 0.29) is 23.7 Å². The predicted molar refractivity (Wildman–Crippen MR) is 147 cm³/mol. The van der Waals surface area contributed by atoms with Crippen molar-refractivity contribution in [1.29, 1.82) is 5.26 Å². The number of ether oxygens (including phenoxy) is 2. The first-order chi connectivity index (χ1) is 17.7. The Kier molecular flexibility index (Phi) is 12.9. The fraction of sp³-hybridized carbons (Fsp3) is 0.370. The van der Waals surface area contributed by atoms with E-state index < -0.39 is 0 Å². The Balaban J connectivity index is 0.00000253. The summed E-state index contributed by atoms with van der Waals surface area (Å²) < 4.78 is 14.9. The quantitative estimate of drug-likeness (QED) is 0.242. The zero-order valence-corrected chi connectivity index (χ0v) is 22.2. The number of nitriles is 1. The Morgan fingerprint density at radius 1 is 1.13 bits per heavy atom. The minimum absolute atomic E-state index is 0. The van der Waals surface area contributed by atoms with Crippen molar-refractivity contribution < 1.29 is 25.5 Å². The van der Waals surface area contributed by atoms with Gasteiger partial charge in [-0.05, 0) is 86.3 Å². The molecule has 2 heterocycles. The molecule has 1 aliphatic heterocycles. The van der Waals surface area contributed by atoms with Crippen LogP contribution in [0.4, 0.5) is 0 Å². The number of piperidine rings is 1. The second-order valence-corrected chi connectivity index (χ2v) is 9.42. The molecule has 1 aliphatic rings. The van der Waals surface area contributed by atoms with Gasteiger partial charge < -0.3 is 30.8 Å². The summed E-state index contributed by atoms with van der Waals surface area (Å²) in [6.45, 7) is 2.74. The minimum atomic E-state index is 0. The number of rotatable bonds is 11. The van der Waals surface area contributed by atoms with Crippen LogP contribution < -0.4 is 19.5 Å². The third kappa shape index (κ3) is 8.39. The average Bonchev–Trinajstić information content (AvgIpc) is 2.92. The number of benzene rings is 2. The first-order valence-electron chi connectivity index (χ1n) is 12.1. The van der Waals surface area contributed by atoms with E-state index in [9.17, 15) is 5.26 Å². The molecule has 1 fully saturated rings. The highest BCUT2D eigenvalue weighted by molar-refractivity contribution is 7.97. The normalized spacial score (nSPS) is 13.1. The molecule has 204 valence electrons. The summed E-state index contributed by atoms with van der Waals surface area (Å²) in [6.07, 6.45) is 5.00. The van der Waals surface area contributed by atoms with Crippen LogP contribution in [0.3, 0.4) is 0 Å². The molecule has 0 aliphatic carbocycles. The first kappa shape index (κ1) is 31.0. The smallest absolute Gasteiger partial charge is 0.137 e. The second-order valence-electron chi connectivity index (χ2n) is 8.48. The van der Waals surface area contributed by atoms with E-state index in [0.717, 1.165) is 53.4 Å². The number of aliphatic hydroxyl groups is 1. The molecule has 10 nitrogen and oxygen atoms in total. The molecule has 11 heteroatoms. The van der Waals surface area contributed by atoms with Crippen LogP contribution in [0.5, 0.6) is 11.5 Å². The van der Waals surface area contributed by atoms with Crippen LogP contribution in [0.15, 0.2) is 53.6 Å². The number of methoxy groups -OCH3 is 1. The van der Waals surface area contributed by atoms with Crippen LogP contribution in [0, 0.1) is 11.3 Å². The van der Waals surface area contributed by atoms with E-state index in [2.05, 4.69) is 21.1 Å². The predicted octanol–water partition coefficient (Wildman–Crippen LogP) is 2.08. The Bertz CT molecular complexity index is 1200. The largest absolute Gasteiger partial charge is 0.496 e. The van der Waals surface area contributed by atoms with Crippen molar-refractivity contribution >= 4 is 11.9 Å². The van der Waals surface area contributed by atoms with Crippen LogP contribution >= 0.6 is 11.9 Å². The van der Waals surface area contributed by atoms with Crippen LogP contribution in [0.2, 0.25) is 0 Å². The molecule has 0 spiro atoms. The summed E-state index contributed by atoms with van der Waals surface area (Å²) in [4.78, 5) is 10.2. The van der Waals surface area contributed by atoms with Gasteiger partial charge >= 0.3 is 0 Å². The van der Waals surface area contributed by atoms with E-state index in [1.807, 2.05) is 42.5 Å². The van der Waals surface area contributed by atoms with Crippen molar-refractivity contribution in [2.24, 2.45) is 0 Å². The molecule has 0 radical (unpaired) electrons. The fourth-order valence-electron chi connectivity index (χ4n) is 3.99. The van der Waals surface area contributed by atoms with Gasteiger partial charge in [0.25, 0.3) is 0 Å². The van der Waals surface area contributed by atoms with Gasteiger partial charge in [0.2, 0.25) is 0 Å². The number of hydrogen-bond acceptors (Lipinski definition) is 9. The lowest BCUT2D eigenvalue weighted by atomic mass is 10.1. The van der Waals surface area contributed by atoms with E-state index in [1.165, 1.54) is 11.9 Å². The van der Waals surface area contributed by atoms with Crippen LogP contribution in [-0.4, -0.2) is 65.5 Å². The standard InChI is InChI=1S/C27H31N5O3S.2H2O/c1-34-25-15-19(3-6-26(25)36-31-10-2-14-33)16-27-30-13-9-23(32-27)20-4-5-24(21(17-20)18-28)35-22-7-11-29-12-8-22;;/h3-6,9,13,15,17,22,29,31,33H,2,7-8,10-12,14,16H2,1H3;2*1H2. The molecular weight excluding hydrogens is 506 g/mol. The number of aromatic nitrogens is 2. The molecule has 38 heavy (non-hydrogen) atoms. The fourth-order valence-corrected chi connectivity index (χ4v) is 4.77. The van der Waals surface area contributed by atoms with Crippen LogP contribution in [-0.2, 0) is 6.42 Å². The maximum absolute atomic E-state index is 9.72. The van der Waals surface area contributed by atoms with E-state index in [4.69, 9.17) is 19.6 Å². The van der Waals surface area contributed by atoms with Crippen molar-refractivity contribution in [2.45, 2.75) is 36.7 Å². The van der Waals surface area contributed by atoms with Crippen molar-refractivity contribution in [2.75, 3.05) is 33.4 Å². The molecule has 3 aromatic rings. The molecular formula is C27H35N5O5S. The van der Waals surface area contributed by atoms with Gasteiger partial charge in [0, 0.05) is 31.3 Å². The van der Waals surface area contributed by atoms with Gasteiger partial charge in [-0.15, -0.1) is 0 Å². The van der Waals surface area contributed by atoms with Gasteiger partial charge in [-0.3, -0.25) is 4.72 Å². The van der Waals surface area contributed by atoms with Crippen LogP contribution in [0.1, 0.15) is 36.2 Å². The zero-order valence-electron chi connectivity index (χ0n) is 21.4. The van der Waals surface area contributed by atoms with Gasteiger partial charge in [0.05, 0.1) is 23.3 Å². The average molecular weight is 542 g/mol. The number of hydrogen-bond donors (Lipinski definition) is 3. The maximum atomic E-state index is 9.72. The van der Waals surface area contributed by atoms with Gasteiger partial charge in [0.1, 0.15) is 29.5 Å². The highest BCUT2D eigenvalue weighted by Crippen LogP contribution is 2.30. The third-order valence-electron chi connectivity index (χ3n) is 5.89. The molecule has 0 bridgehead atoms. The lowest BCUT2D eigenvalue weighted by Gasteiger charge is -2.24. The summed E-state index contributed by atoms with van der Waals surface area (Å²) in [7, 11) is 1.65. The van der Waals surface area contributed by atoms with Crippen LogP contribution in [0.25, 0.3) is 11.3 Å². The SMILES string of the molecule is COc1cc(Cc2nccc(-c3ccc(OC4CCNCC4)c(C#N)c3)n2)ccc1SNCCCO.O.O. The second kappa shape index (κ2) is 15.9. The Labute approximate surface area is 227 Å². The van der Waals surface area contributed by atoms with Gasteiger partial charge in [-0.2, -0.15) is 5.26 Å². The molecule has 0 unspecified atom stereocenters. The third-order valence-corrected chi connectivity index (χ3v) is 6.80. The van der Waals surface area contributed by atoms with E-state index in [1.54, 1.807) is 13.3 Å². The molecule has 7 N–H and O–H groups in total. The molecule has 4 rings (SSSR count). The number of aliphatic hydroxyl groups excluding tert-OH is 1. The zero-order chi connectivity index (χ0) is 25.2. The van der Waals surface area contributed by atoms with Gasteiger partial charge in [-0.25, -0.2) is 9.97 Å². The van der Waals surface area contributed by atoms with Crippen molar-refractivity contribution in [3.05, 3.63) is 65.6 Å². The highest BCUT2D eigenvalue weighted by atomic mass is 32.2. The van der Waals surface area contributed by atoms with Crippen molar-refractivity contribution in [3.63, 3.8) is 0 Å². The van der Waals surface area contributed by atoms with Gasteiger partial charge in [-0.1, -0.05) is 6.07 Å². The topological polar surface area (TPSA) is 175 Å².